The van der Waals surface area contributed by atoms with Crippen LogP contribution in [0.5, 0.6) is 0 Å². The monoisotopic (exact) mass is 539 g/mol. The summed E-state index contributed by atoms with van der Waals surface area (Å²) in [5.74, 6) is 1.05. The number of aryl methyl sites for hydroxylation is 4. The van der Waals surface area contributed by atoms with Gasteiger partial charge in [-0.1, -0.05) is 6.07 Å². The maximum absolute atomic E-state index is 13.2. The van der Waals surface area contributed by atoms with E-state index in [2.05, 4.69) is 27.4 Å². The summed E-state index contributed by atoms with van der Waals surface area (Å²) in [6, 6.07) is 9.63. The first-order valence-corrected chi connectivity index (χ1v) is 13.6. The van der Waals surface area contributed by atoms with Crippen LogP contribution in [-0.2, 0) is 17.6 Å². The summed E-state index contributed by atoms with van der Waals surface area (Å²) in [7, 11) is 0. The van der Waals surface area contributed by atoms with Gasteiger partial charge in [0, 0.05) is 44.5 Å². The maximum atomic E-state index is 13.2. The van der Waals surface area contributed by atoms with Crippen molar-refractivity contribution in [3.63, 3.8) is 0 Å². The fourth-order valence-corrected chi connectivity index (χ4v) is 4.80. The number of anilines is 1. The topological polar surface area (TPSA) is 84.1 Å². The number of halogens is 2. The second kappa shape index (κ2) is 14.0. The first-order chi connectivity index (χ1) is 18.9. The molecule has 1 aliphatic heterocycles. The van der Waals surface area contributed by atoms with Crippen molar-refractivity contribution in [2.24, 2.45) is 0 Å². The predicted molar refractivity (Wildman–Crippen MR) is 144 cm³/mol. The number of hydrogen-bond donors (Lipinski definition) is 1. The van der Waals surface area contributed by atoms with Crippen LogP contribution in [-0.4, -0.2) is 58.4 Å². The third kappa shape index (κ3) is 8.48. The molecule has 1 aliphatic rings. The van der Waals surface area contributed by atoms with Crippen LogP contribution >= 0.6 is 0 Å². The Hall–Kier alpha value is -3.53. The van der Waals surface area contributed by atoms with Gasteiger partial charge < -0.3 is 5.32 Å². The minimum absolute atomic E-state index is 0.113. The lowest BCUT2D eigenvalue weighted by Gasteiger charge is -2.21. The number of fused-ring (bicyclic) bond motifs is 1. The molecule has 0 saturated carbocycles. The van der Waals surface area contributed by atoms with Crippen molar-refractivity contribution in [2.45, 2.75) is 65.2 Å². The van der Waals surface area contributed by atoms with Crippen LogP contribution in [0.1, 0.15) is 54.7 Å². The van der Waals surface area contributed by atoms with E-state index in [1.165, 1.54) is 10.3 Å². The second-order valence-corrected chi connectivity index (χ2v) is 9.95. The Morgan fingerprint density at radius 2 is 1.90 bits per heavy atom. The quantitative estimate of drug-likeness (QED) is 0.258. The van der Waals surface area contributed by atoms with Gasteiger partial charge in [0.25, 0.3) is 6.43 Å². The molecule has 4 rings (SSSR count). The number of rotatable bonds is 13. The second-order valence-electron chi connectivity index (χ2n) is 9.95. The van der Waals surface area contributed by atoms with E-state index < -0.39 is 12.4 Å². The van der Waals surface area contributed by atoms with Crippen LogP contribution in [0, 0.1) is 13.8 Å². The zero-order chi connectivity index (χ0) is 27.6. The minimum atomic E-state index is -2.43. The molecular formula is C29H37F2N6O2+. The van der Waals surface area contributed by atoms with E-state index >= 15 is 0 Å². The summed E-state index contributed by atoms with van der Waals surface area (Å²) in [6.45, 7) is 5.30. The van der Waals surface area contributed by atoms with Crippen LogP contribution < -0.4 is 14.9 Å². The van der Waals surface area contributed by atoms with Crippen LogP contribution in [0.25, 0.3) is 11.4 Å². The lowest BCUT2D eigenvalue weighted by atomic mass is 10.1. The molecule has 0 radical (unpaired) electrons. The van der Waals surface area contributed by atoms with Crippen molar-refractivity contribution in [1.29, 1.82) is 0 Å². The third-order valence-electron chi connectivity index (χ3n) is 6.70. The molecule has 4 heterocycles. The van der Waals surface area contributed by atoms with Gasteiger partial charge >= 0.3 is 11.8 Å². The van der Waals surface area contributed by atoms with Crippen LogP contribution in [0.2, 0.25) is 0 Å². The number of nitrogens with one attached hydrogen (secondary N) is 1. The molecule has 0 spiro atoms. The molecule has 39 heavy (non-hydrogen) atoms. The number of hydrogen-bond acceptors (Lipinski definition) is 7. The largest absolute Gasteiger partial charge is 0.370 e. The van der Waals surface area contributed by atoms with Gasteiger partial charge in [-0.05, 0) is 85.1 Å². The minimum Gasteiger partial charge on any atom is -0.370 e. The van der Waals surface area contributed by atoms with Crippen LogP contribution in [0.15, 0.2) is 42.7 Å². The van der Waals surface area contributed by atoms with Gasteiger partial charge in [0.1, 0.15) is 5.82 Å². The molecule has 8 nitrogen and oxygen atoms in total. The summed E-state index contributed by atoms with van der Waals surface area (Å²) < 4.78 is 27.8. The summed E-state index contributed by atoms with van der Waals surface area (Å²) in [6.07, 6.45) is 6.05. The van der Waals surface area contributed by atoms with Gasteiger partial charge in [0.2, 0.25) is 0 Å². The number of carbonyl (C=O) groups is 1. The van der Waals surface area contributed by atoms with Crippen molar-refractivity contribution in [3.8, 4) is 11.4 Å². The maximum Gasteiger partial charge on any atom is 0.370 e. The zero-order valence-corrected chi connectivity index (χ0v) is 22.7. The molecule has 0 unspecified atom stereocenters. The number of pyridine rings is 2. The van der Waals surface area contributed by atoms with Crippen molar-refractivity contribution in [1.82, 2.24) is 19.9 Å². The fraction of sp³-hybridized carbons (Fsp3) is 0.483. The average molecular weight is 540 g/mol. The number of nitrogens with zero attached hydrogens (tertiary/aromatic N) is 5. The summed E-state index contributed by atoms with van der Waals surface area (Å²) in [4.78, 5) is 33.4. The lowest BCUT2D eigenvalue weighted by Crippen LogP contribution is -2.51. The zero-order valence-electron chi connectivity index (χ0n) is 22.7. The highest BCUT2D eigenvalue weighted by Crippen LogP contribution is 2.20. The van der Waals surface area contributed by atoms with E-state index in [9.17, 15) is 13.6 Å². The Labute approximate surface area is 228 Å². The molecule has 0 bridgehead atoms. The van der Waals surface area contributed by atoms with E-state index in [4.69, 9.17) is 9.82 Å². The number of carbonyl (C=O) groups excluding carboxylic acids is 1. The Kier molecular flexibility index (Phi) is 10.2. The highest BCUT2D eigenvalue weighted by atomic mass is 19.3. The molecule has 3 aromatic heterocycles. The average Bonchev–Trinajstić information content (AvgIpc) is 2.92. The van der Waals surface area contributed by atoms with Gasteiger partial charge in [0.15, 0.2) is 11.4 Å². The smallest absolute Gasteiger partial charge is 0.370 e. The molecular weight excluding hydrogens is 502 g/mol. The van der Waals surface area contributed by atoms with Crippen molar-refractivity contribution in [2.75, 3.05) is 31.5 Å². The molecule has 208 valence electrons. The number of aromatic nitrogens is 4. The molecule has 1 N–H and O–H groups in total. The number of alkyl halides is 2. The Morgan fingerprint density at radius 3 is 2.69 bits per heavy atom. The standard InChI is InChI=1S/C29H37F2N6O2/c1-21-19-22(2)37(29(34-21)24-12-15-32-16-13-24)39-27(38)9-6-18-36(20-26(30)31)17-4-3-8-25-11-10-23-7-5-14-33-28(23)35-25/h10-13,15-16,19,26H,3-9,14,17-18,20H2,1-2H3,(H,33,35)/q+1. The van der Waals surface area contributed by atoms with Crippen molar-refractivity contribution in [3.05, 3.63) is 65.4 Å². The molecule has 3 aromatic rings. The van der Waals surface area contributed by atoms with E-state index in [1.807, 2.05) is 19.9 Å². The van der Waals surface area contributed by atoms with Crippen LogP contribution in [0.4, 0.5) is 14.6 Å². The van der Waals surface area contributed by atoms with E-state index in [0.29, 0.717) is 25.3 Å². The highest BCUT2D eigenvalue weighted by Gasteiger charge is 2.23. The molecule has 0 amide bonds. The van der Waals surface area contributed by atoms with Gasteiger partial charge in [-0.15, -0.1) is 0 Å². The Bertz CT molecular complexity index is 1240. The third-order valence-corrected chi connectivity index (χ3v) is 6.70. The van der Waals surface area contributed by atoms with Gasteiger partial charge in [-0.2, -0.15) is 0 Å². The molecule has 0 fully saturated rings. The van der Waals surface area contributed by atoms with Gasteiger partial charge in [0.05, 0.1) is 18.5 Å². The first kappa shape index (κ1) is 28.5. The molecule has 10 heteroatoms. The summed E-state index contributed by atoms with van der Waals surface area (Å²) >= 11 is 0. The van der Waals surface area contributed by atoms with Crippen molar-refractivity contribution >= 4 is 11.8 Å². The van der Waals surface area contributed by atoms with E-state index in [0.717, 1.165) is 67.1 Å². The summed E-state index contributed by atoms with van der Waals surface area (Å²) in [5.41, 5.74) is 4.58. The number of unbranched alkanes of at least 4 members (excludes halogenated alkanes) is 1. The Morgan fingerprint density at radius 1 is 1.10 bits per heavy atom. The Balaban J connectivity index is 1.25. The van der Waals surface area contributed by atoms with E-state index in [1.54, 1.807) is 29.4 Å². The lowest BCUT2D eigenvalue weighted by molar-refractivity contribution is -0.866. The normalized spacial score (nSPS) is 12.9. The molecule has 0 atom stereocenters. The molecule has 0 saturated heterocycles. The fourth-order valence-electron chi connectivity index (χ4n) is 4.80. The molecule has 0 aromatic carbocycles. The SMILES string of the molecule is Cc1cc(C)[n+](OC(=O)CCCN(CCCCc2ccc3c(n2)NCCC3)CC(F)F)c(-c2ccncc2)n1. The first-order valence-electron chi connectivity index (χ1n) is 13.6. The van der Waals surface area contributed by atoms with Gasteiger partial charge in [-0.25, -0.2) is 18.6 Å². The van der Waals surface area contributed by atoms with Crippen LogP contribution in [0.3, 0.4) is 0 Å². The van der Waals surface area contributed by atoms with Crippen molar-refractivity contribution < 1.29 is 23.1 Å². The van der Waals surface area contributed by atoms with E-state index in [-0.39, 0.29) is 13.0 Å². The highest BCUT2D eigenvalue weighted by molar-refractivity contribution is 5.69. The summed E-state index contributed by atoms with van der Waals surface area (Å²) in [5, 5.41) is 3.35. The predicted octanol–water partition coefficient (Wildman–Crippen LogP) is 4.13. The van der Waals surface area contributed by atoms with Gasteiger partial charge in [-0.3, -0.25) is 14.7 Å². The molecule has 0 aliphatic carbocycles.